The van der Waals surface area contributed by atoms with E-state index in [9.17, 15) is 4.91 Å². The van der Waals surface area contributed by atoms with Gasteiger partial charge in [0.15, 0.2) is 7.11 Å². The maximum atomic E-state index is 11.5. The van der Waals surface area contributed by atoms with Crippen molar-refractivity contribution in [3.8, 4) is 0 Å². The minimum Gasteiger partial charge on any atom is -0.367 e. The Morgan fingerprint density at radius 1 is 1.25 bits per heavy atom. The number of benzene rings is 1. The molecule has 0 aliphatic carbocycles. The molecule has 5 nitrogen and oxygen atoms in total. The van der Waals surface area contributed by atoms with Crippen LogP contribution in [0.15, 0.2) is 47.5 Å². The number of rotatable bonds is 6. The van der Waals surface area contributed by atoms with Gasteiger partial charge in [-0.25, -0.2) is 9.82 Å². The molecule has 0 unspecified atom stereocenters. The smallest absolute Gasteiger partial charge is 0.358 e. The summed E-state index contributed by atoms with van der Waals surface area (Å²) in [5.41, 5.74) is 1.59. The first-order valence-electron chi connectivity index (χ1n) is 6.11. The van der Waals surface area contributed by atoms with Crippen molar-refractivity contribution in [3.05, 3.63) is 52.9 Å². The summed E-state index contributed by atoms with van der Waals surface area (Å²) in [6.07, 6.45) is 0. The largest absolute Gasteiger partial charge is 0.367 e. The van der Waals surface area contributed by atoms with Gasteiger partial charge in [-0.3, -0.25) is 0 Å². The predicted octanol–water partition coefficient (Wildman–Crippen LogP) is 3.39. The van der Waals surface area contributed by atoms with Gasteiger partial charge in [-0.1, -0.05) is 30.3 Å². The molecule has 1 aromatic heterocycles. The van der Waals surface area contributed by atoms with Crippen LogP contribution in [0.25, 0.3) is 0 Å². The van der Waals surface area contributed by atoms with E-state index in [0.717, 1.165) is 10.8 Å². The summed E-state index contributed by atoms with van der Waals surface area (Å²) >= 11 is 1.62. The Labute approximate surface area is 121 Å². The van der Waals surface area contributed by atoms with Gasteiger partial charge in [0.25, 0.3) is 4.92 Å². The van der Waals surface area contributed by atoms with Gasteiger partial charge in [0.2, 0.25) is 5.82 Å². The number of anilines is 1. The van der Waals surface area contributed by atoms with Crippen LogP contribution in [0.4, 0.5) is 11.5 Å². The van der Waals surface area contributed by atoms with Gasteiger partial charge in [-0.15, -0.1) is 11.8 Å². The molecule has 20 heavy (non-hydrogen) atoms. The molecule has 6 heteroatoms. The zero-order chi connectivity index (χ0) is 14.4. The Balaban J connectivity index is 2.12. The Hall–Kier alpha value is -2.08. The molecule has 0 saturated carbocycles. The summed E-state index contributed by atoms with van der Waals surface area (Å²) in [7, 11) is 3.05. The standard InChI is InChI=1S/C14H16N3O2S/c1-15-14-12(17(18)19-2)8-9-13(16-14)20-10-11-6-4-3-5-7-11/h3-9H,10H2,1-2H3,(H,15,16)/q+1. The van der Waals surface area contributed by atoms with Gasteiger partial charge in [0.05, 0.1) is 9.93 Å². The van der Waals surface area contributed by atoms with Crippen LogP contribution in [0.3, 0.4) is 0 Å². The lowest BCUT2D eigenvalue weighted by Gasteiger charge is -2.04. The molecule has 0 atom stereocenters. The van der Waals surface area contributed by atoms with Crippen LogP contribution in [0.1, 0.15) is 5.56 Å². The highest BCUT2D eigenvalue weighted by Crippen LogP contribution is 2.28. The maximum Gasteiger partial charge on any atom is 0.358 e. The second kappa shape index (κ2) is 6.91. The zero-order valence-electron chi connectivity index (χ0n) is 11.4. The third-order valence-corrected chi connectivity index (χ3v) is 3.68. The first kappa shape index (κ1) is 14.3. The minimum absolute atomic E-state index is 0.360. The van der Waals surface area contributed by atoms with Gasteiger partial charge in [0.1, 0.15) is 0 Å². The van der Waals surface area contributed by atoms with Crippen LogP contribution < -0.4 is 5.32 Å². The lowest BCUT2D eigenvalue weighted by molar-refractivity contribution is -0.736. The fourth-order valence-corrected chi connectivity index (χ4v) is 2.50. The third kappa shape index (κ3) is 3.48. The van der Waals surface area contributed by atoms with Gasteiger partial charge in [-0.05, 0) is 11.6 Å². The summed E-state index contributed by atoms with van der Waals surface area (Å²) in [5, 5.41) is 3.76. The van der Waals surface area contributed by atoms with E-state index in [1.54, 1.807) is 24.9 Å². The van der Waals surface area contributed by atoms with Crippen LogP contribution in [0.2, 0.25) is 0 Å². The summed E-state index contributed by atoms with van der Waals surface area (Å²) < 4.78 is 0. The SMILES string of the molecule is CNc1nc(SCc2ccccc2)ccc1[N+](=O)OC. The molecular weight excluding hydrogens is 274 g/mol. The van der Waals surface area contributed by atoms with Gasteiger partial charge < -0.3 is 5.32 Å². The molecule has 1 aromatic carbocycles. The Morgan fingerprint density at radius 3 is 2.65 bits per heavy atom. The Morgan fingerprint density at radius 2 is 2.00 bits per heavy atom. The van der Waals surface area contributed by atoms with E-state index in [4.69, 9.17) is 0 Å². The van der Waals surface area contributed by atoms with Crippen molar-refractivity contribution in [1.29, 1.82) is 0 Å². The molecule has 0 radical (unpaired) electrons. The van der Waals surface area contributed by atoms with Crippen molar-refractivity contribution in [2.75, 3.05) is 19.5 Å². The second-order valence-electron chi connectivity index (χ2n) is 3.98. The highest BCUT2D eigenvalue weighted by Gasteiger charge is 2.21. The van der Waals surface area contributed by atoms with E-state index in [1.165, 1.54) is 12.7 Å². The molecule has 0 amide bonds. The van der Waals surface area contributed by atoms with Gasteiger partial charge >= 0.3 is 5.69 Å². The summed E-state index contributed by atoms with van der Waals surface area (Å²) in [6, 6.07) is 13.7. The highest BCUT2D eigenvalue weighted by atomic mass is 32.2. The van der Waals surface area contributed by atoms with Crippen LogP contribution in [0, 0.1) is 4.91 Å². The summed E-state index contributed by atoms with van der Waals surface area (Å²) in [5.74, 6) is 1.33. The van der Waals surface area contributed by atoms with Crippen molar-refractivity contribution in [2.45, 2.75) is 10.8 Å². The number of nitrogens with zero attached hydrogens (tertiary/aromatic N) is 2. The molecule has 1 N–H and O–H groups in total. The lowest BCUT2D eigenvalue weighted by Crippen LogP contribution is -2.04. The predicted molar refractivity (Wildman–Crippen MR) is 80.1 cm³/mol. The number of nitrogens with one attached hydrogen (secondary N) is 1. The zero-order valence-corrected chi connectivity index (χ0v) is 12.2. The normalized spacial score (nSPS) is 10.1. The van der Waals surface area contributed by atoms with Crippen molar-refractivity contribution in [3.63, 3.8) is 0 Å². The quantitative estimate of drug-likeness (QED) is 0.653. The number of pyridine rings is 1. The third-order valence-electron chi connectivity index (χ3n) is 2.68. The molecule has 104 valence electrons. The molecule has 2 rings (SSSR count). The number of aromatic nitrogens is 1. The van der Waals surface area contributed by atoms with Crippen molar-refractivity contribution in [1.82, 2.24) is 4.98 Å². The summed E-state index contributed by atoms with van der Waals surface area (Å²) in [6.45, 7) is 0. The van der Waals surface area contributed by atoms with E-state index in [1.807, 2.05) is 24.3 Å². The average Bonchev–Trinajstić information content (AvgIpc) is 2.52. The molecule has 0 bridgehead atoms. The molecular formula is C14H16N3O2S+. The molecule has 0 aliphatic rings. The first-order valence-corrected chi connectivity index (χ1v) is 7.10. The minimum atomic E-state index is 0.360. The number of hydrogen-bond acceptors (Lipinski definition) is 5. The fraction of sp³-hybridized carbons (Fsp3) is 0.214. The van der Waals surface area contributed by atoms with Crippen LogP contribution in [-0.2, 0) is 10.6 Å². The van der Waals surface area contributed by atoms with Crippen molar-refractivity contribution in [2.24, 2.45) is 0 Å². The van der Waals surface area contributed by atoms with Gasteiger partial charge in [-0.2, -0.15) is 0 Å². The van der Waals surface area contributed by atoms with Crippen LogP contribution >= 0.6 is 11.8 Å². The van der Waals surface area contributed by atoms with Gasteiger partial charge in [0, 0.05) is 18.9 Å². The van der Waals surface area contributed by atoms with Crippen molar-refractivity contribution >= 4 is 23.3 Å². The van der Waals surface area contributed by atoms with Crippen molar-refractivity contribution < 1.29 is 9.76 Å². The molecule has 0 fully saturated rings. The van der Waals surface area contributed by atoms with E-state index < -0.39 is 0 Å². The van der Waals surface area contributed by atoms with E-state index in [-0.39, 0.29) is 0 Å². The van der Waals surface area contributed by atoms with E-state index >= 15 is 0 Å². The highest BCUT2D eigenvalue weighted by molar-refractivity contribution is 7.98. The fourth-order valence-electron chi connectivity index (χ4n) is 1.68. The Kier molecular flexibility index (Phi) is 4.95. The Bertz CT molecular complexity index is 590. The van der Waals surface area contributed by atoms with Crippen LogP contribution in [0.5, 0.6) is 0 Å². The van der Waals surface area contributed by atoms with E-state index in [2.05, 4.69) is 27.3 Å². The second-order valence-corrected chi connectivity index (χ2v) is 4.98. The molecule has 0 saturated heterocycles. The molecule has 0 spiro atoms. The topological polar surface area (TPSA) is 54.2 Å². The molecule has 0 aliphatic heterocycles. The number of hydrogen-bond donors (Lipinski definition) is 1. The van der Waals surface area contributed by atoms with Crippen LogP contribution in [-0.4, -0.2) is 24.1 Å². The summed E-state index contributed by atoms with van der Waals surface area (Å²) in [4.78, 5) is 21.0. The lowest BCUT2D eigenvalue weighted by atomic mass is 10.2. The number of thioether (sulfide) groups is 1. The monoisotopic (exact) mass is 290 g/mol. The van der Waals surface area contributed by atoms with E-state index in [0.29, 0.717) is 16.4 Å². The molecule has 1 heterocycles. The first-order chi connectivity index (χ1) is 9.74. The molecule has 2 aromatic rings. The average molecular weight is 290 g/mol. The maximum absolute atomic E-state index is 11.5.